The molecule has 0 aliphatic rings. The number of hydrogen-bond acceptors (Lipinski definition) is 3. The van der Waals surface area contributed by atoms with E-state index >= 15 is 0 Å². The number of nitrogens with two attached hydrogens (primary N) is 1. The zero-order valence-corrected chi connectivity index (χ0v) is 8.78. The summed E-state index contributed by atoms with van der Waals surface area (Å²) in [7, 11) is 0. The standard InChI is InChI=1S/C11H16N2O/c1-11(2,3)9-4-5-10(14)8(6-9)7-13-12/h4-7,14H,12H2,1-3H3/b13-7+. The number of aromatic hydroxyl groups is 1. The molecule has 0 saturated carbocycles. The highest BCUT2D eigenvalue weighted by Gasteiger charge is 2.14. The van der Waals surface area contributed by atoms with E-state index in [-0.39, 0.29) is 11.2 Å². The maximum absolute atomic E-state index is 9.48. The van der Waals surface area contributed by atoms with Gasteiger partial charge in [-0.3, -0.25) is 0 Å². The molecule has 0 bridgehead atoms. The van der Waals surface area contributed by atoms with Crippen LogP contribution in [0.3, 0.4) is 0 Å². The summed E-state index contributed by atoms with van der Waals surface area (Å²) >= 11 is 0. The summed E-state index contributed by atoms with van der Waals surface area (Å²) in [5, 5.41) is 12.9. The quantitative estimate of drug-likeness (QED) is 0.406. The molecule has 3 N–H and O–H groups in total. The molecule has 0 aromatic heterocycles. The van der Waals surface area contributed by atoms with Crippen LogP contribution < -0.4 is 5.84 Å². The molecule has 0 spiro atoms. The van der Waals surface area contributed by atoms with Crippen LogP contribution in [0.15, 0.2) is 23.3 Å². The largest absolute Gasteiger partial charge is 0.507 e. The van der Waals surface area contributed by atoms with E-state index in [1.807, 2.05) is 12.1 Å². The maximum Gasteiger partial charge on any atom is 0.124 e. The minimum absolute atomic E-state index is 0.0604. The van der Waals surface area contributed by atoms with E-state index in [2.05, 4.69) is 25.9 Å². The van der Waals surface area contributed by atoms with E-state index in [0.717, 1.165) is 5.56 Å². The van der Waals surface area contributed by atoms with Gasteiger partial charge in [0.1, 0.15) is 5.75 Å². The van der Waals surface area contributed by atoms with Crippen LogP contribution in [0.1, 0.15) is 31.9 Å². The summed E-state index contributed by atoms with van der Waals surface area (Å²) < 4.78 is 0. The highest BCUT2D eigenvalue weighted by atomic mass is 16.3. The molecule has 0 unspecified atom stereocenters. The van der Waals surface area contributed by atoms with Gasteiger partial charge in [-0.05, 0) is 23.1 Å². The molecular weight excluding hydrogens is 176 g/mol. The van der Waals surface area contributed by atoms with E-state index in [4.69, 9.17) is 5.84 Å². The predicted molar refractivity (Wildman–Crippen MR) is 58.6 cm³/mol. The number of benzene rings is 1. The molecule has 0 saturated heterocycles. The van der Waals surface area contributed by atoms with Crippen molar-refractivity contribution in [3.63, 3.8) is 0 Å². The van der Waals surface area contributed by atoms with Crippen LogP contribution >= 0.6 is 0 Å². The highest BCUT2D eigenvalue weighted by molar-refractivity contribution is 5.83. The third kappa shape index (κ3) is 2.25. The first-order chi connectivity index (χ1) is 6.45. The summed E-state index contributed by atoms with van der Waals surface area (Å²) in [6.07, 6.45) is 1.45. The Morgan fingerprint density at radius 3 is 2.50 bits per heavy atom. The molecule has 0 fully saturated rings. The molecule has 0 heterocycles. The van der Waals surface area contributed by atoms with Crippen molar-refractivity contribution in [1.82, 2.24) is 0 Å². The van der Waals surface area contributed by atoms with Gasteiger partial charge in [0.25, 0.3) is 0 Å². The van der Waals surface area contributed by atoms with Crippen molar-refractivity contribution in [3.05, 3.63) is 29.3 Å². The van der Waals surface area contributed by atoms with Crippen LogP contribution in [-0.2, 0) is 5.41 Å². The number of phenols is 1. The lowest BCUT2D eigenvalue weighted by atomic mass is 9.86. The lowest BCUT2D eigenvalue weighted by Crippen LogP contribution is -2.11. The summed E-state index contributed by atoms with van der Waals surface area (Å²) in [5.74, 6) is 5.25. The lowest BCUT2D eigenvalue weighted by Gasteiger charge is -2.19. The Balaban J connectivity index is 3.19. The van der Waals surface area contributed by atoms with Crippen molar-refractivity contribution >= 4 is 6.21 Å². The van der Waals surface area contributed by atoms with Crippen LogP contribution in [0.4, 0.5) is 0 Å². The van der Waals surface area contributed by atoms with Gasteiger partial charge in [0.05, 0.1) is 6.21 Å². The van der Waals surface area contributed by atoms with Crippen molar-refractivity contribution < 1.29 is 5.11 Å². The Bertz CT molecular complexity index is 351. The fourth-order valence-electron chi connectivity index (χ4n) is 1.20. The zero-order chi connectivity index (χ0) is 10.8. The molecule has 76 valence electrons. The van der Waals surface area contributed by atoms with Crippen molar-refractivity contribution in [2.45, 2.75) is 26.2 Å². The van der Waals surface area contributed by atoms with E-state index in [0.29, 0.717) is 5.56 Å². The summed E-state index contributed by atoms with van der Waals surface area (Å²) in [4.78, 5) is 0. The van der Waals surface area contributed by atoms with Crippen molar-refractivity contribution in [1.29, 1.82) is 0 Å². The van der Waals surface area contributed by atoms with Crippen molar-refractivity contribution in [3.8, 4) is 5.75 Å². The Morgan fingerprint density at radius 2 is 2.00 bits per heavy atom. The van der Waals surface area contributed by atoms with Gasteiger partial charge >= 0.3 is 0 Å². The van der Waals surface area contributed by atoms with E-state index < -0.39 is 0 Å². The number of phenolic OH excluding ortho intramolecular Hbond substituents is 1. The molecule has 1 aromatic carbocycles. The summed E-state index contributed by atoms with van der Waals surface area (Å²) in [6, 6.07) is 5.46. The van der Waals surface area contributed by atoms with E-state index in [1.54, 1.807) is 6.07 Å². The molecule has 0 atom stereocenters. The van der Waals surface area contributed by atoms with Crippen LogP contribution in [0.25, 0.3) is 0 Å². The molecule has 0 aliphatic heterocycles. The molecule has 0 amide bonds. The molecule has 0 aliphatic carbocycles. The van der Waals surface area contributed by atoms with Gasteiger partial charge in [-0.1, -0.05) is 26.8 Å². The third-order valence-corrected chi connectivity index (χ3v) is 2.11. The molecule has 3 nitrogen and oxygen atoms in total. The van der Waals surface area contributed by atoms with Crippen LogP contribution in [0, 0.1) is 0 Å². The monoisotopic (exact) mass is 192 g/mol. The van der Waals surface area contributed by atoms with Gasteiger partial charge < -0.3 is 10.9 Å². The molecule has 1 aromatic rings. The van der Waals surface area contributed by atoms with Crippen molar-refractivity contribution in [2.24, 2.45) is 10.9 Å². The normalized spacial score (nSPS) is 12.2. The highest BCUT2D eigenvalue weighted by Crippen LogP contribution is 2.26. The van der Waals surface area contributed by atoms with Crippen LogP contribution in [-0.4, -0.2) is 11.3 Å². The average molecular weight is 192 g/mol. The Morgan fingerprint density at radius 1 is 1.36 bits per heavy atom. The van der Waals surface area contributed by atoms with Gasteiger partial charge in [0, 0.05) is 5.56 Å². The van der Waals surface area contributed by atoms with Crippen LogP contribution in [0.2, 0.25) is 0 Å². The summed E-state index contributed by atoms with van der Waals surface area (Å²) in [6.45, 7) is 6.34. The third-order valence-electron chi connectivity index (χ3n) is 2.11. The predicted octanol–water partition coefficient (Wildman–Crippen LogP) is 1.98. The minimum atomic E-state index is 0.0604. The number of nitrogens with zero attached hydrogens (tertiary/aromatic N) is 1. The van der Waals surface area contributed by atoms with E-state index in [1.165, 1.54) is 6.21 Å². The number of rotatable bonds is 1. The van der Waals surface area contributed by atoms with Gasteiger partial charge in [-0.25, -0.2) is 0 Å². The second kappa shape index (κ2) is 3.70. The first kappa shape index (κ1) is 10.6. The lowest BCUT2D eigenvalue weighted by molar-refractivity contribution is 0.473. The van der Waals surface area contributed by atoms with Gasteiger partial charge in [0.2, 0.25) is 0 Å². The van der Waals surface area contributed by atoms with Gasteiger partial charge in [-0.2, -0.15) is 5.10 Å². The van der Waals surface area contributed by atoms with Crippen LogP contribution in [0.5, 0.6) is 5.75 Å². The fraction of sp³-hybridized carbons (Fsp3) is 0.364. The molecule has 0 radical (unpaired) electrons. The fourth-order valence-corrected chi connectivity index (χ4v) is 1.20. The smallest absolute Gasteiger partial charge is 0.124 e. The molecular formula is C11H16N2O. The Hall–Kier alpha value is -1.51. The summed E-state index contributed by atoms with van der Waals surface area (Å²) in [5.41, 5.74) is 1.86. The average Bonchev–Trinajstić information content (AvgIpc) is 2.07. The van der Waals surface area contributed by atoms with Gasteiger partial charge in [-0.15, -0.1) is 0 Å². The zero-order valence-electron chi connectivity index (χ0n) is 8.78. The van der Waals surface area contributed by atoms with E-state index in [9.17, 15) is 5.11 Å². The second-order valence-electron chi connectivity index (χ2n) is 4.30. The molecule has 3 heteroatoms. The second-order valence-corrected chi connectivity index (χ2v) is 4.30. The Labute approximate surface area is 84.3 Å². The number of hydrazone groups is 1. The topological polar surface area (TPSA) is 58.6 Å². The van der Waals surface area contributed by atoms with Gasteiger partial charge in [0.15, 0.2) is 0 Å². The minimum Gasteiger partial charge on any atom is -0.507 e. The Kier molecular flexibility index (Phi) is 2.79. The first-order valence-electron chi connectivity index (χ1n) is 4.52. The first-order valence-corrected chi connectivity index (χ1v) is 4.52. The maximum atomic E-state index is 9.48. The van der Waals surface area contributed by atoms with Crippen molar-refractivity contribution in [2.75, 3.05) is 0 Å². The molecule has 14 heavy (non-hydrogen) atoms. The SMILES string of the molecule is CC(C)(C)c1ccc(O)c(/C=N/N)c1. The number of hydrogen-bond donors (Lipinski definition) is 2. The molecule has 1 rings (SSSR count).